The minimum Gasteiger partial charge on any atom is -0.508 e. The van der Waals surface area contributed by atoms with Crippen LogP contribution in [0.4, 0.5) is 0 Å². The number of aromatic hydroxyl groups is 1. The standard InChI is InChI=1S/C26H28N2O/c29-18-8-7-17-11-25-22-13-20-19-3-1-2-4-23(19)27-24(20)14-26(22,21(17)12-18)9-10-28(25)15-16-5-6-16/h1-4,7-8,12,16,22,25,27,29H,5-6,9-11,13-15H2/t22-,25+,26-/m0/s1. The van der Waals surface area contributed by atoms with Crippen LogP contribution in [0.25, 0.3) is 10.9 Å². The van der Waals surface area contributed by atoms with Crippen LogP contribution < -0.4 is 0 Å². The normalized spacial score (nSPS) is 30.6. The molecule has 3 atom stereocenters. The molecule has 3 nitrogen and oxygen atoms in total. The number of nitrogens with zero attached hydrogens (tertiary/aromatic N) is 1. The van der Waals surface area contributed by atoms with E-state index in [4.69, 9.17) is 0 Å². The average Bonchev–Trinajstić information content (AvgIpc) is 3.48. The van der Waals surface area contributed by atoms with E-state index in [1.165, 1.54) is 66.5 Å². The molecule has 0 unspecified atom stereocenters. The highest BCUT2D eigenvalue weighted by Crippen LogP contribution is 2.56. The van der Waals surface area contributed by atoms with Gasteiger partial charge < -0.3 is 10.1 Å². The molecule has 2 aromatic carbocycles. The van der Waals surface area contributed by atoms with Crippen molar-refractivity contribution in [3.05, 3.63) is 64.8 Å². The van der Waals surface area contributed by atoms with Crippen LogP contribution in [-0.4, -0.2) is 34.1 Å². The van der Waals surface area contributed by atoms with Gasteiger partial charge in [-0.2, -0.15) is 0 Å². The summed E-state index contributed by atoms with van der Waals surface area (Å²) < 4.78 is 0. The Kier molecular flexibility index (Phi) is 3.23. The number of hydrogen-bond donors (Lipinski definition) is 2. The molecule has 0 spiro atoms. The molecule has 2 N–H and O–H groups in total. The molecule has 0 radical (unpaired) electrons. The van der Waals surface area contributed by atoms with E-state index in [9.17, 15) is 5.11 Å². The van der Waals surface area contributed by atoms with E-state index < -0.39 is 0 Å². The second-order valence-corrected chi connectivity index (χ2v) is 10.1. The highest BCUT2D eigenvalue weighted by Gasteiger charge is 2.55. The van der Waals surface area contributed by atoms with Crippen molar-refractivity contribution in [1.29, 1.82) is 0 Å². The van der Waals surface area contributed by atoms with Gasteiger partial charge in [0.1, 0.15) is 5.75 Å². The maximum atomic E-state index is 10.3. The molecular weight excluding hydrogens is 356 g/mol. The summed E-state index contributed by atoms with van der Waals surface area (Å²) in [6.45, 7) is 2.51. The summed E-state index contributed by atoms with van der Waals surface area (Å²) >= 11 is 0. The lowest BCUT2D eigenvalue weighted by molar-refractivity contribution is 0.00515. The van der Waals surface area contributed by atoms with E-state index in [-0.39, 0.29) is 5.41 Å². The first-order valence-electron chi connectivity index (χ1n) is 11.4. The van der Waals surface area contributed by atoms with Crippen molar-refractivity contribution < 1.29 is 5.11 Å². The molecule has 1 aliphatic heterocycles. The number of aromatic nitrogens is 1. The van der Waals surface area contributed by atoms with Crippen molar-refractivity contribution in [2.24, 2.45) is 11.8 Å². The quantitative estimate of drug-likeness (QED) is 0.680. The number of phenolic OH excluding ortho intramolecular Hbond substituents is 1. The van der Waals surface area contributed by atoms with Crippen molar-refractivity contribution in [3.63, 3.8) is 0 Å². The van der Waals surface area contributed by atoms with E-state index in [1.54, 1.807) is 5.56 Å². The minimum absolute atomic E-state index is 0.172. The average molecular weight is 385 g/mol. The van der Waals surface area contributed by atoms with Crippen molar-refractivity contribution in [2.75, 3.05) is 13.1 Å². The topological polar surface area (TPSA) is 39.3 Å². The van der Waals surface area contributed by atoms with Crippen molar-refractivity contribution in [1.82, 2.24) is 9.88 Å². The fraction of sp³-hybridized carbons (Fsp3) is 0.462. The SMILES string of the molecule is Oc1ccc2c(c1)[C@@]13CCN(CC4CC4)[C@H](C2)[C@@H]1Cc1c([nH]c2ccccc12)C3. The number of likely N-dealkylation sites (tertiary alicyclic amines) is 1. The third-order valence-electron chi connectivity index (χ3n) is 8.56. The maximum Gasteiger partial charge on any atom is 0.115 e. The Morgan fingerprint density at radius 3 is 2.90 bits per heavy atom. The highest BCUT2D eigenvalue weighted by molar-refractivity contribution is 5.85. The molecule has 1 aromatic heterocycles. The van der Waals surface area contributed by atoms with Crippen LogP contribution in [0.15, 0.2) is 42.5 Å². The first kappa shape index (κ1) is 16.5. The van der Waals surface area contributed by atoms with Gasteiger partial charge in [0.2, 0.25) is 0 Å². The van der Waals surface area contributed by atoms with Crippen LogP contribution in [-0.2, 0) is 24.7 Å². The van der Waals surface area contributed by atoms with Crippen LogP contribution >= 0.6 is 0 Å². The summed E-state index contributed by atoms with van der Waals surface area (Å²) in [5.74, 6) is 2.02. The molecule has 4 aliphatic rings. The number of hydrogen-bond acceptors (Lipinski definition) is 2. The first-order valence-corrected chi connectivity index (χ1v) is 11.4. The first-order chi connectivity index (χ1) is 14.2. The number of nitrogens with one attached hydrogen (secondary N) is 1. The van der Waals surface area contributed by atoms with E-state index >= 15 is 0 Å². The number of phenols is 1. The summed E-state index contributed by atoms with van der Waals surface area (Å²) in [7, 11) is 0. The highest BCUT2D eigenvalue weighted by atomic mass is 16.3. The molecule has 29 heavy (non-hydrogen) atoms. The number of piperidine rings is 1. The smallest absolute Gasteiger partial charge is 0.115 e. The zero-order valence-electron chi connectivity index (χ0n) is 16.8. The van der Waals surface area contributed by atoms with Crippen molar-refractivity contribution in [2.45, 2.75) is 50.0 Å². The Labute approximate surface area is 171 Å². The fourth-order valence-corrected chi connectivity index (χ4v) is 7.03. The fourth-order valence-electron chi connectivity index (χ4n) is 7.03. The predicted molar refractivity (Wildman–Crippen MR) is 115 cm³/mol. The number of benzene rings is 2. The molecule has 1 saturated heterocycles. The maximum absolute atomic E-state index is 10.3. The lowest BCUT2D eigenvalue weighted by Gasteiger charge is -2.59. The van der Waals surface area contributed by atoms with E-state index in [2.05, 4.69) is 46.3 Å². The summed E-state index contributed by atoms with van der Waals surface area (Å²) in [4.78, 5) is 6.61. The second kappa shape index (κ2) is 5.66. The van der Waals surface area contributed by atoms with Crippen LogP contribution in [0.3, 0.4) is 0 Å². The van der Waals surface area contributed by atoms with Crippen molar-refractivity contribution >= 4 is 10.9 Å². The zero-order valence-corrected chi connectivity index (χ0v) is 16.8. The van der Waals surface area contributed by atoms with Crippen LogP contribution in [0.2, 0.25) is 0 Å². The van der Waals surface area contributed by atoms with Crippen LogP contribution in [0.5, 0.6) is 5.75 Å². The molecule has 7 rings (SSSR count). The molecular formula is C26H28N2O. The molecule has 0 amide bonds. The number of H-pyrrole nitrogens is 1. The van der Waals surface area contributed by atoms with Gasteiger partial charge in [0.15, 0.2) is 0 Å². The monoisotopic (exact) mass is 384 g/mol. The largest absolute Gasteiger partial charge is 0.508 e. The Bertz CT molecular complexity index is 1130. The van der Waals surface area contributed by atoms with Gasteiger partial charge in [-0.3, -0.25) is 4.90 Å². The summed E-state index contributed by atoms with van der Waals surface area (Å²) in [6.07, 6.45) is 7.47. The molecule has 3 aromatic rings. The lowest BCUT2D eigenvalue weighted by Crippen LogP contribution is -2.62. The Morgan fingerprint density at radius 1 is 1.10 bits per heavy atom. The molecule has 2 heterocycles. The molecule has 2 bridgehead atoms. The number of para-hydroxylation sites is 1. The summed E-state index contributed by atoms with van der Waals surface area (Å²) in [5, 5.41) is 11.8. The third-order valence-corrected chi connectivity index (χ3v) is 8.56. The molecule has 2 fully saturated rings. The zero-order chi connectivity index (χ0) is 19.2. The van der Waals surface area contributed by atoms with Gasteiger partial charge in [-0.05, 0) is 91.8 Å². The van der Waals surface area contributed by atoms with Gasteiger partial charge in [0.25, 0.3) is 0 Å². The molecule has 1 saturated carbocycles. The van der Waals surface area contributed by atoms with Crippen LogP contribution in [0.1, 0.15) is 41.6 Å². The lowest BCUT2D eigenvalue weighted by atomic mass is 9.52. The van der Waals surface area contributed by atoms with Gasteiger partial charge in [-0.25, -0.2) is 0 Å². The van der Waals surface area contributed by atoms with E-state index in [1.807, 2.05) is 6.07 Å². The van der Waals surface area contributed by atoms with E-state index in [0.717, 1.165) is 18.8 Å². The third kappa shape index (κ3) is 2.28. The van der Waals surface area contributed by atoms with Gasteiger partial charge in [-0.1, -0.05) is 24.3 Å². The summed E-state index contributed by atoms with van der Waals surface area (Å²) in [6, 6.07) is 15.7. The second-order valence-electron chi connectivity index (χ2n) is 10.1. The number of rotatable bonds is 2. The van der Waals surface area contributed by atoms with E-state index in [0.29, 0.717) is 17.7 Å². The Balaban J connectivity index is 1.41. The Morgan fingerprint density at radius 2 is 2.00 bits per heavy atom. The minimum atomic E-state index is 0.172. The molecule has 3 heteroatoms. The molecule has 148 valence electrons. The predicted octanol–water partition coefficient (Wildman–Crippen LogP) is 4.57. The Hall–Kier alpha value is -2.26. The van der Waals surface area contributed by atoms with Gasteiger partial charge in [0, 0.05) is 34.6 Å². The number of aromatic amines is 1. The van der Waals surface area contributed by atoms with Gasteiger partial charge in [-0.15, -0.1) is 0 Å². The van der Waals surface area contributed by atoms with Crippen LogP contribution in [0, 0.1) is 11.8 Å². The summed E-state index contributed by atoms with van der Waals surface area (Å²) in [5.41, 5.74) is 7.37. The molecule has 3 aliphatic carbocycles. The van der Waals surface area contributed by atoms with Gasteiger partial charge >= 0.3 is 0 Å². The number of fused-ring (bicyclic) bond motifs is 4. The van der Waals surface area contributed by atoms with Crippen molar-refractivity contribution in [3.8, 4) is 5.75 Å². The van der Waals surface area contributed by atoms with Gasteiger partial charge in [0.05, 0.1) is 0 Å².